The number of hydrogen-bond donors (Lipinski definition) is 1. The lowest BCUT2D eigenvalue weighted by Crippen LogP contribution is -2.19. The van der Waals surface area contributed by atoms with Crippen LogP contribution in [-0.2, 0) is 0 Å². The largest absolute Gasteiger partial charge is 0.338 e. The van der Waals surface area contributed by atoms with Gasteiger partial charge in [-0.25, -0.2) is 0 Å². The number of aromatic nitrogens is 3. The van der Waals surface area contributed by atoms with Gasteiger partial charge in [0.2, 0.25) is 0 Å². The maximum absolute atomic E-state index is 4.58. The zero-order chi connectivity index (χ0) is 16.1. The molecule has 116 valence electrons. The molecule has 0 aliphatic carbocycles. The number of nitrogens with one attached hydrogen (secondary N) is 1. The van der Waals surface area contributed by atoms with Crippen molar-refractivity contribution in [3.63, 3.8) is 0 Å². The Hall–Kier alpha value is -2.47. The van der Waals surface area contributed by atoms with Crippen LogP contribution in [0.1, 0.15) is 6.92 Å². The van der Waals surface area contributed by atoms with E-state index >= 15 is 0 Å². The minimum atomic E-state index is 0.566. The van der Waals surface area contributed by atoms with Gasteiger partial charge >= 0.3 is 0 Å². The van der Waals surface area contributed by atoms with Crippen molar-refractivity contribution >= 4 is 39.1 Å². The highest BCUT2D eigenvalue weighted by Crippen LogP contribution is 2.26. The summed E-state index contributed by atoms with van der Waals surface area (Å²) in [6, 6.07) is 17.9. The molecule has 3 rings (SSSR count). The topological polar surface area (TPSA) is 53.9 Å². The second kappa shape index (κ2) is 7.19. The third-order valence-corrected chi connectivity index (χ3v) is 4.00. The van der Waals surface area contributed by atoms with Crippen LogP contribution >= 0.6 is 15.9 Å². The van der Waals surface area contributed by atoms with Gasteiger partial charge in [-0.2, -0.15) is 10.1 Å². The molecule has 5 nitrogen and oxygen atoms in total. The van der Waals surface area contributed by atoms with E-state index in [1.54, 1.807) is 6.20 Å². The van der Waals surface area contributed by atoms with Gasteiger partial charge in [0.15, 0.2) is 5.82 Å². The van der Waals surface area contributed by atoms with Crippen LogP contribution in [0.25, 0.3) is 0 Å². The van der Waals surface area contributed by atoms with E-state index in [4.69, 9.17) is 0 Å². The second-order valence-electron chi connectivity index (χ2n) is 4.83. The molecule has 0 unspecified atom stereocenters. The van der Waals surface area contributed by atoms with Crippen LogP contribution in [0, 0.1) is 0 Å². The monoisotopic (exact) mass is 369 g/mol. The van der Waals surface area contributed by atoms with Crippen LogP contribution < -0.4 is 10.2 Å². The first-order chi connectivity index (χ1) is 11.3. The van der Waals surface area contributed by atoms with Gasteiger partial charge in [-0.15, -0.1) is 5.10 Å². The fourth-order valence-electron chi connectivity index (χ4n) is 2.22. The summed E-state index contributed by atoms with van der Waals surface area (Å²) in [7, 11) is 0. The zero-order valence-corrected chi connectivity index (χ0v) is 14.2. The maximum atomic E-state index is 4.58. The van der Waals surface area contributed by atoms with Gasteiger partial charge in [0.25, 0.3) is 5.95 Å². The normalized spacial score (nSPS) is 10.3. The quantitative estimate of drug-likeness (QED) is 0.715. The Morgan fingerprint density at radius 2 is 1.78 bits per heavy atom. The predicted molar refractivity (Wildman–Crippen MR) is 96.4 cm³/mol. The summed E-state index contributed by atoms with van der Waals surface area (Å²) in [5.74, 6) is 1.21. The molecule has 2 aromatic carbocycles. The van der Waals surface area contributed by atoms with Crippen LogP contribution in [0.4, 0.5) is 23.1 Å². The molecular formula is C17H16BrN5. The molecule has 0 aliphatic rings. The van der Waals surface area contributed by atoms with E-state index in [0.29, 0.717) is 11.8 Å². The lowest BCUT2D eigenvalue weighted by Gasteiger charge is -2.20. The van der Waals surface area contributed by atoms with E-state index in [1.807, 2.05) is 59.5 Å². The van der Waals surface area contributed by atoms with Crippen molar-refractivity contribution < 1.29 is 0 Å². The third kappa shape index (κ3) is 3.65. The predicted octanol–water partition coefficient (Wildman–Crippen LogP) is 4.54. The van der Waals surface area contributed by atoms with Gasteiger partial charge in [0.05, 0.1) is 11.9 Å². The molecular weight excluding hydrogens is 354 g/mol. The first-order valence-electron chi connectivity index (χ1n) is 7.32. The van der Waals surface area contributed by atoms with E-state index in [2.05, 4.69) is 43.4 Å². The highest BCUT2D eigenvalue weighted by molar-refractivity contribution is 9.10. The molecule has 0 fully saturated rings. The molecule has 0 aliphatic heterocycles. The molecule has 23 heavy (non-hydrogen) atoms. The van der Waals surface area contributed by atoms with Crippen molar-refractivity contribution in [3.8, 4) is 0 Å². The van der Waals surface area contributed by atoms with Crippen LogP contribution in [0.15, 0.2) is 65.3 Å². The number of benzene rings is 2. The summed E-state index contributed by atoms with van der Waals surface area (Å²) in [4.78, 5) is 6.59. The molecule has 0 saturated heterocycles. The third-order valence-electron chi connectivity index (χ3n) is 3.31. The van der Waals surface area contributed by atoms with Gasteiger partial charge < -0.3 is 10.2 Å². The number of hydrogen-bond acceptors (Lipinski definition) is 5. The first kappa shape index (κ1) is 15.4. The lowest BCUT2D eigenvalue weighted by molar-refractivity contribution is 0.887. The molecule has 3 aromatic rings. The van der Waals surface area contributed by atoms with Gasteiger partial charge in [-0.3, -0.25) is 0 Å². The molecule has 0 spiro atoms. The fraction of sp³-hybridized carbons (Fsp3) is 0.118. The highest BCUT2D eigenvalue weighted by Gasteiger charge is 2.11. The summed E-state index contributed by atoms with van der Waals surface area (Å²) >= 11 is 3.51. The van der Waals surface area contributed by atoms with Crippen molar-refractivity contribution in [3.05, 3.63) is 65.3 Å². The summed E-state index contributed by atoms with van der Waals surface area (Å²) < 4.78 is 0.968. The molecule has 1 heterocycles. The van der Waals surface area contributed by atoms with Crippen molar-refractivity contribution in [1.29, 1.82) is 0 Å². The molecule has 1 N–H and O–H groups in total. The summed E-state index contributed by atoms with van der Waals surface area (Å²) in [6.07, 6.45) is 1.61. The average molecular weight is 370 g/mol. The van der Waals surface area contributed by atoms with Gasteiger partial charge in [-0.1, -0.05) is 30.3 Å². The van der Waals surface area contributed by atoms with E-state index < -0.39 is 0 Å². The van der Waals surface area contributed by atoms with Gasteiger partial charge in [0.1, 0.15) is 0 Å². The Bertz CT molecular complexity index is 779. The molecule has 6 heteroatoms. The Morgan fingerprint density at radius 3 is 2.52 bits per heavy atom. The number of halogens is 1. The van der Waals surface area contributed by atoms with Crippen molar-refractivity contribution in [1.82, 2.24) is 15.2 Å². The van der Waals surface area contributed by atoms with E-state index in [1.165, 1.54) is 0 Å². The van der Waals surface area contributed by atoms with Crippen molar-refractivity contribution in [2.24, 2.45) is 0 Å². The van der Waals surface area contributed by atoms with Crippen molar-refractivity contribution in [2.75, 3.05) is 16.8 Å². The van der Waals surface area contributed by atoms with Crippen molar-refractivity contribution in [2.45, 2.75) is 6.92 Å². The SMILES string of the molecule is CCN(c1ccccc1)c1nncc(Nc2ccccc2Br)n1. The first-order valence-corrected chi connectivity index (χ1v) is 8.11. The zero-order valence-electron chi connectivity index (χ0n) is 12.6. The Morgan fingerprint density at radius 1 is 1.04 bits per heavy atom. The minimum absolute atomic E-state index is 0.566. The van der Waals surface area contributed by atoms with Gasteiger partial charge in [0, 0.05) is 16.7 Å². The van der Waals surface area contributed by atoms with Crippen LogP contribution in [0.3, 0.4) is 0 Å². The molecule has 0 atom stereocenters. The molecule has 0 radical (unpaired) electrons. The molecule has 0 saturated carbocycles. The Labute approximate surface area is 143 Å². The number of rotatable bonds is 5. The molecule has 0 amide bonds. The summed E-state index contributed by atoms with van der Waals surface area (Å²) in [6.45, 7) is 2.81. The van der Waals surface area contributed by atoms with Crippen LogP contribution in [0.2, 0.25) is 0 Å². The second-order valence-corrected chi connectivity index (χ2v) is 5.68. The summed E-state index contributed by atoms with van der Waals surface area (Å²) in [5.41, 5.74) is 1.97. The van der Waals surface area contributed by atoms with Crippen LogP contribution in [0.5, 0.6) is 0 Å². The van der Waals surface area contributed by atoms with E-state index in [9.17, 15) is 0 Å². The fourth-order valence-corrected chi connectivity index (χ4v) is 2.60. The standard InChI is InChI=1S/C17H16BrN5/c1-2-23(13-8-4-3-5-9-13)17-21-16(12-19-22-17)20-15-11-7-6-10-14(15)18/h3-12H,2H2,1H3,(H,20,21,22). The van der Waals surface area contributed by atoms with E-state index in [-0.39, 0.29) is 0 Å². The van der Waals surface area contributed by atoms with Gasteiger partial charge in [-0.05, 0) is 47.1 Å². The molecule has 0 bridgehead atoms. The summed E-state index contributed by atoms with van der Waals surface area (Å²) in [5, 5.41) is 11.5. The number of para-hydroxylation sites is 2. The lowest BCUT2D eigenvalue weighted by atomic mass is 10.3. The average Bonchev–Trinajstić information content (AvgIpc) is 2.59. The number of anilines is 4. The molecule has 1 aromatic heterocycles. The van der Waals surface area contributed by atoms with E-state index in [0.717, 1.165) is 22.4 Å². The maximum Gasteiger partial charge on any atom is 0.251 e. The number of nitrogens with zero attached hydrogens (tertiary/aromatic N) is 4. The van der Waals surface area contributed by atoms with Crippen LogP contribution in [-0.4, -0.2) is 21.7 Å². The highest BCUT2D eigenvalue weighted by atomic mass is 79.9. The Balaban J connectivity index is 1.89. The Kier molecular flexibility index (Phi) is 4.83. The minimum Gasteiger partial charge on any atom is -0.338 e. The smallest absolute Gasteiger partial charge is 0.251 e.